The third-order valence-electron chi connectivity index (χ3n) is 4.86. The largest absolute Gasteiger partial charge is 0.376 e. The Hall–Kier alpha value is -0.0800. The first-order valence-corrected chi connectivity index (χ1v) is 7.42. The molecule has 2 aliphatic carbocycles. The van der Waals surface area contributed by atoms with E-state index in [0.717, 1.165) is 12.5 Å². The first kappa shape index (κ1) is 13.4. The lowest BCUT2D eigenvalue weighted by Crippen LogP contribution is -2.52. The van der Waals surface area contributed by atoms with Gasteiger partial charge in [-0.25, -0.2) is 0 Å². The predicted octanol–water partition coefficient (Wildman–Crippen LogP) is 3.36. The molecule has 2 saturated carbocycles. The summed E-state index contributed by atoms with van der Waals surface area (Å²) in [7, 11) is 2.09. The van der Waals surface area contributed by atoms with Crippen LogP contribution in [0.4, 0.5) is 0 Å². The number of likely N-dealkylation sites (N-methyl/N-ethyl adjacent to an activating group) is 1. The van der Waals surface area contributed by atoms with Gasteiger partial charge >= 0.3 is 0 Å². The lowest BCUT2D eigenvalue weighted by Gasteiger charge is -2.44. The third kappa shape index (κ3) is 3.23. The molecule has 0 bridgehead atoms. The molecule has 0 spiro atoms. The maximum absolute atomic E-state index is 6.24. The maximum Gasteiger partial charge on any atom is 0.0733 e. The predicted molar refractivity (Wildman–Crippen MR) is 72.2 cm³/mol. The Balaban J connectivity index is 1.85. The Labute approximate surface area is 107 Å². The minimum atomic E-state index is 0.382. The van der Waals surface area contributed by atoms with Gasteiger partial charge in [0.1, 0.15) is 0 Å². The Morgan fingerprint density at radius 3 is 2.47 bits per heavy atom. The number of ether oxygens (including phenoxy) is 1. The molecule has 2 atom stereocenters. The second-order valence-corrected chi connectivity index (χ2v) is 6.67. The van der Waals surface area contributed by atoms with Gasteiger partial charge in [0.25, 0.3) is 0 Å². The summed E-state index contributed by atoms with van der Waals surface area (Å²) in [5, 5.41) is 3.49. The van der Waals surface area contributed by atoms with Crippen molar-refractivity contribution in [3.05, 3.63) is 0 Å². The Kier molecular flexibility index (Phi) is 4.48. The maximum atomic E-state index is 6.24. The molecular formula is C15H29NO. The number of hydrogen-bond acceptors (Lipinski definition) is 2. The third-order valence-corrected chi connectivity index (χ3v) is 4.86. The first-order valence-electron chi connectivity index (χ1n) is 7.42. The molecule has 0 aliphatic heterocycles. The molecule has 0 saturated heterocycles. The highest BCUT2D eigenvalue weighted by molar-refractivity contribution is 4.93. The van der Waals surface area contributed by atoms with Crippen LogP contribution in [0.1, 0.15) is 58.8 Å². The second kappa shape index (κ2) is 5.71. The fourth-order valence-corrected chi connectivity index (χ4v) is 3.78. The molecule has 0 aromatic rings. The molecule has 2 heteroatoms. The van der Waals surface area contributed by atoms with Gasteiger partial charge in [-0.2, -0.15) is 0 Å². The van der Waals surface area contributed by atoms with Crippen molar-refractivity contribution in [3.8, 4) is 0 Å². The summed E-state index contributed by atoms with van der Waals surface area (Å²) < 4.78 is 6.24. The summed E-state index contributed by atoms with van der Waals surface area (Å²) in [4.78, 5) is 0. The van der Waals surface area contributed by atoms with Crippen LogP contribution in [0.5, 0.6) is 0 Å². The molecule has 1 N–H and O–H groups in total. The van der Waals surface area contributed by atoms with Crippen LogP contribution in [0.15, 0.2) is 0 Å². The molecule has 2 fully saturated rings. The fourth-order valence-electron chi connectivity index (χ4n) is 3.78. The van der Waals surface area contributed by atoms with Crippen LogP contribution in [-0.4, -0.2) is 25.8 Å². The van der Waals surface area contributed by atoms with E-state index in [-0.39, 0.29) is 0 Å². The van der Waals surface area contributed by atoms with E-state index in [4.69, 9.17) is 4.74 Å². The van der Waals surface area contributed by atoms with Gasteiger partial charge in [0.05, 0.1) is 6.10 Å². The molecule has 2 aliphatic rings. The molecule has 2 rings (SSSR count). The van der Waals surface area contributed by atoms with Crippen LogP contribution in [0.25, 0.3) is 0 Å². The van der Waals surface area contributed by atoms with Gasteiger partial charge in [-0.1, -0.05) is 33.1 Å². The fraction of sp³-hybridized carbons (Fsp3) is 1.00. The normalized spacial score (nSPS) is 34.1. The highest BCUT2D eigenvalue weighted by Gasteiger charge is 2.38. The molecule has 100 valence electrons. The average molecular weight is 239 g/mol. The first-order chi connectivity index (χ1) is 8.13. The minimum absolute atomic E-state index is 0.382. The Morgan fingerprint density at radius 1 is 1.12 bits per heavy atom. The van der Waals surface area contributed by atoms with Gasteiger partial charge in [0.15, 0.2) is 0 Å². The molecule has 0 aromatic heterocycles. The second-order valence-electron chi connectivity index (χ2n) is 6.67. The van der Waals surface area contributed by atoms with E-state index < -0.39 is 0 Å². The van der Waals surface area contributed by atoms with Crippen molar-refractivity contribution in [3.63, 3.8) is 0 Å². The molecular weight excluding hydrogens is 210 g/mol. The highest BCUT2D eigenvalue weighted by Crippen LogP contribution is 2.37. The number of nitrogens with one attached hydrogen (secondary N) is 1. The van der Waals surface area contributed by atoms with E-state index in [1.54, 1.807) is 0 Å². The van der Waals surface area contributed by atoms with Gasteiger partial charge in [-0.3, -0.25) is 0 Å². The van der Waals surface area contributed by atoms with Crippen molar-refractivity contribution in [2.45, 2.75) is 70.9 Å². The van der Waals surface area contributed by atoms with E-state index in [9.17, 15) is 0 Å². The van der Waals surface area contributed by atoms with Gasteiger partial charge in [0, 0.05) is 12.6 Å². The zero-order chi connectivity index (χ0) is 12.3. The molecule has 0 amide bonds. The Morgan fingerprint density at radius 2 is 1.82 bits per heavy atom. The summed E-state index contributed by atoms with van der Waals surface area (Å²) in [6.07, 6.45) is 9.92. The van der Waals surface area contributed by atoms with Crippen molar-refractivity contribution < 1.29 is 4.74 Å². The van der Waals surface area contributed by atoms with Crippen molar-refractivity contribution in [2.24, 2.45) is 11.3 Å². The van der Waals surface area contributed by atoms with Crippen LogP contribution in [0.2, 0.25) is 0 Å². The summed E-state index contributed by atoms with van der Waals surface area (Å²) in [5.41, 5.74) is 0.382. The standard InChI is InChI=1S/C15H29NO/c1-15(2)10-6-9-13(14(15)16-3)17-11-12-7-4-5-8-12/h12-14,16H,4-11H2,1-3H3. The van der Waals surface area contributed by atoms with E-state index in [0.29, 0.717) is 17.6 Å². The van der Waals surface area contributed by atoms with Crippen LogP contribution < -0.4 is 5.32 Å². The lowest BCUT2D eigenvalue weighted by atomic mass is 9.72. The average Bonchev–Trinajstić information content (AvgIpc) is 2.78. The Bertz CT molecular complexity index is 233. The van der Waals surface area contributed by atoms with Gasteiger partial charge in [-0.05, 0) is 44.1 Å². The summed E-state index contributed by atoms with van der Waals surface area (Å²) >= 11 is 0. The monoisotopic (exact) mass is 239 g/mol. The molecule has 0 aromatic carbocycles. The molecule has 17 heavy (non-hydrogen) atoms. The topological polar surface area (TPSA) is 21.3 Å². The molecule has 0 heterocycles. The molecule has 2 nitrogen and oxygen atoms in total. The van der Waals surface area contributed by atoms with Gasteiger partial charge < -0.3 is 10.1 Å². The van der Waals surface area contributed by atoms with Crippen molar-refractivity contribution in [1.29, 1.82) is 0 Å². The lowest BCUT2D eigenvalue weighted by molar-refractivity contribution is -0.0466. The minimum Gasteiger partial charge on any atom is -0.376 e. The van der Waals surface area contributed by atoms with Crippen molar-refractivity contribution >= 4 is 0 Å². The zero-order valence-electron chi connectivity index (χ0n) is 11.8. The number of rotatable bonds is 4. The number of hydrogen-bond donors (Lipinski definition) is 1. The van der Waals surface area contributed by atoms with E-state index in [2.05, 4.69) is 26.2 Å². The van der Waals surface area contributed by atoms with E-state index in [1.165, 1.54) is 44.9 Å². The summed E-state index contributed by atoms with van der Waals surface area (Å²) in [5.74, 6) is 0.845. The van der Waals surface area contributed by atoms with Crippen LogP contribution in [-0.2, 0) is 4.74 Å². The summed E-state index contributed by atoms with van der Waals surface area (Å²) in [6, 6.07) is 0.526. The zero-order valence-corrected chi connectivity index (χ0v) is 11.8. The van der Waals surface area contributed by atoms with Crippen LogP contribution in [0, 0.1) is 11.3 Å². The van der Waals surface area contributed by atoms with E-state index in [1.807, 2.05) is 0 Å². The molecule has 0 radical (unpaired) electrons. The SMILES string of the molecule is CNC1C(OCC2CCCC2)CCCC1(C)C. The smallest absolute Gasteiger partial charge is 0.0733 e. The van der Waals surface area contributed by atoms with Gasteiger partial charge in [0.2, 0.25) is 0 Å². The quantitative estimate of drug-likeness (QED) is 0.812. The van der Waals surface area contributed by atoms with Crippen molar-refractivity contribution in [2.75, 3.05) is 13.7 Å². The highest BCUT2D eigenvalue weighted by atomic mass is 16.5. The molecule has 2 unspecified atom stereocenters. The van der Waals surface area contributed by atoms with Crippen LogP contribution in [0.3, 0.4) is 0 Å². The summed E-state index contributed by atoms with van der Waals surface area (Å²) in [6.45, 7) is 5.75. The van der Waals surface area contributed by atoms with E-state index >= 15 is 0 Å². The van der Waals surface area contributed by atoms with Gasteiger partial charge in [-0.15, -0.1) is 0 Å². The van der Waals surface area contributed by atoms with Crippen molar-refractivity contribution in [1.82, 2.24) is 5.32 Å². The van der Waals surface area contributed by atoms with Crippen LogP contribution >= 0.6 is 0 Å².